The molecule has 0 saturated heterocycles. The van der Waals surface area contributed by atoms with Gasteiger partial charge in [0.2, 0.25) is 0 Å². The van der Waals surface area contributed by atoms with Crippen molar-refractivity contribution in [2.75, 3.05) is 0 Å². The van der Waals surface area contributed by atoms with Gasteiger partial charge in [-0.15, -0.1) is 0 Å². The smallest absolute Gasteiger partial charge is 0.256 e. The summed E-state index contributed by atoms with van der Waals surface area (Å²) in [4.78, 5) is 0. The van der Waals surface area contributed by atoms with Crippen molar-refractivity contribution in [3.05, 3.63) is 54.4 Å². The third kappa shape index (κ3) is 2.08. The molecule has 1 aromatic heterocycles. The quantitative estimate of drug-likeness (QED) is 0.768. The molecule has 2 aromatic rings. The molecule has 0 bridgehead atoms. The van der Waals surface area contributed by atoms with Gasteiger partial charge in [0.25, 0.3) is 0 Å². The predicted molar refractivity (Wildman–Crippen MR) is 51.7 cm³/mol. The Morgan fingerprint density at radius 1 is 1.25 bits per heavy atom. The monoisotopic (exact) mass is 225 g/mol. The van der Waals surface area contributed by atoms with Crippen LogP contribution in [0.3, 0.4) is 0 Å². The van der Waals surface area contributed by atoms with Crippen LogP contribution in [0.5, 0.6) is 0 Å². The first-order valence-electron chi connectivity index (χ1n) is 4.61. The topological polar surface area (TPSA) is 17.8 Å². The van der Waals surface area contributed by atoms with E-state index in [0.717, 1.165) is 4.68 Å². The molecule has 1 unspecified atom stereocenters. The number of benzene rings is 1. The molecule has 2 rings (SSSR count). The Bertz CT molecular complexity index is 434. The normalized spacial score (nSPS) is 13.7. The molecule has 1 heterocycles. The highest BCUT2D eigenvalue weighted by Gasteiger charge is 2.42. The molecule has 0 saturated carbocycles. The average Bonchev–Trinajstić information content (AvgIpc) is 2.71. The lowest BCUT2D eigenvalue weighted by Crippen LogP contribution is -2.27. The van der Waals surface area contributed by atoms with Crippen LogP contribution in [0, 0.1) is 6.07 Å². The maximum absolute atomic E-state index is 12.9. The second-order valence-electron chi connectivity index (χ2n) is 3.26. The van der Waals surface area contributed by atoms with E-state index in [4.69, 9.17) is 0 Å². The third-order valence-electron chi connectivity index (χ3n) is 2.16. The second kappa shape index (κ2) is 4.00. The zero-order valence-corrected chi connectivity index (χ0v) is 8.15. The van der Waals surface area contributed by atoms with Gasteiger partial charge in [0.1, 0.15) is 0 Å². The van der Waals surface area contributed by atoms with Crippen LogP contribution >= 0.6 is 0 Å². The first-order chi connectivity index (χ1) is 7.59. The zero-order chi connectivity index (χ0) is 11.6. The Hall–Kier alpha value is -1.78. The lowest BCUT2D eigenvalue weighted by atomic mass is 10.1. The van der Waals surface area contributed by atoms with E-state index in [9.17, 15) is 13.2 Å². The van der Waals surface area contributed by atoms with Gasteiger partial charge < -0.3 is 0 Å². The molecule has 0 aliphatic rings. The molecular weight excluding hydrogens is 217 g/mol. The van der Waals surface area contributed by atoms with Gasteiger partial charge in [-0.25, -0.2) is 0 Å². The number of hydrogen-bond acceptors (Lipinski definition) is 1. The summed E-state index contributed by atoms with van der Waals surface area (Å²) in [7, 11) is 0. The maximum Gasteiger partial charge on any atom is 0.415 e. The Balaban J connectivity index is 2.45. The van der Waals surface area contributed by atoms with Crippen molar-refractivity contribution in [2.45, 2.75) is 12.2 Å². The van der Waals surface area contributed by atoms with Crippen LogP contribution in [0.1, 0.15) is 11.6 Å². The summed E-state index contributed by atoms with van der Waals surface area (Å²) < 4.78 is 39.6. The lowest BCUT2D eigenvalue weighted by molar-refractivity contribution is -0.159. The van der Waals surface area contributed by atoms with Crippen molar-refractivity contribution in [2.24, 2.45) is 0 Å². The van der Waals surface area contributed by atoms with Crippen molar-refractivity contribution in [3.8, 4) is 0 Å². The fourth-order valence-corrected chi connectivity index (χ4v) is 1.51. The minimum absolute atomic E-state index is 0.148. The van der Waals surface area contributed by atoms with Crippen molar-refractivity contribution >= 4 is 0 Å². The molecule has 0 amide bonds. The van der Waals surface area contributed by atoms with Crippen molar-refractivity contribution in [3.63, 3.8) is 0 Å². The van der Waals surface area contributed by atoms with Gasteiger partial charge in [0, 0.05) is 12.4 Å². The summed E-state index contributed by atoms with van der Waals surface area (Å²) in [6, 6.07) is 8.10. The zero-order valence-electron chi connectivity index (χ0n) is 8.15. The van der Waals surface area contributed by atoms with Gasteiger partial charge >= 0.3 is 6.18 Å². The van der Waals surface area contributed by atoms with Gasteiger partial charge in [-0.1, -0.05) is 24.3 Å². The van der Waals surface area contributed by atoms with Crippen molar-refractivity contribution in [1.29, 1.82) is 0 Å². The summed E-state index contributed by atoms with van der Waals surface area (Å²) in [5.41, 5.74) is 0.148. The molecule has 0 fully saturated rings. The van der Waals surface area contributed by atoms with Crippen LogP contribution in [0.15, 0.2) is 42.7 Å². The first kappa shape index (κ1) is 10.7. The summed E-state index contributed by atoms with van der Waals surface area (Å²) in [5, 5.41) is 3.65. The summed E-state index contributed by atoms with van der Waals surface area (Å²) in [6.45, 7) is 0. The van der Waals surface area contributed by atoms with E-state index in [2.05, 4.69) is 11.2 Å². The number of hydrogen-bond donors (Lipinski definition) is 0. The fourth-order valence-electron chi connectivity index (χ4n) is 1.51. The Morgan fingerprint density at radius 2 is 1.94 bits per heavy atom. The molecule has 0 aliphatic carbocycles. The predicted octanol–water partition coefficient (Wildman–Crippen LogP) is 2.83. The van der Waals surface area contributed by atoms with Crippen LogP contribution in [-0.2, 0) is 0 Å². The van der Waals surface area contributed by atoms with Crippen molar-refractivity contribution < 1.29 is 13.2 Å². The molecule has 0 aliphatic heterocycles. The van der Waals surface area contributed by atoms with Crippen LogP contribution in [-0.4, -0.2) is 16.0 Å². The van der Waals surface area contributed by atoms with Crippen LogP contribution in [0.4, 0.5) is 13.2 Å². The number of halogens is 3. The van der Waals surface area contributed by atoms with E-state index in [0.29, 0.717) is 0 Å². The van der Waals surface area contributed by atoms with E-state index < -0.39 is 12.2 Å². The highest BCUT2D eigenvalue weighted by Crippen LogP contribution is 2.35. The van der Waals surface area contributed by atoms with Gasteiger partial charge in [-0.2, -0.15) is 18.3 Å². The molecule has 16 heavy (non-hydrogen) atoms. The van der Waals surface area contributed by atoms with Crippen LogP contribution in [0.2, 0.25) is 0 Å². The molecule has 5 heteroatoms. The molecule has 0 N–H and O–H groups in total. The number of alkyl halides is 3. The van der Waals surface area contributed by atoms with E-state index in [1.807, 2.05) is 0 Å². The maximum atomic E-state index is 12.9. The Morgan fingerprint density at radius 3 is 2.44 bits per heavy atom. The average molecular weight is 225 g/mol. The van der Waals surface area contributed by atoms with E-state index in [1.54, 1.807) is 0 Å². The largest absolute Gasteiger partial charge is 0.415 e. The first-order valence-corrected chi connectivity index (χ1v) is 4.61. The van der Waals surface area contributed by atoms with E-state index >= 15 is 0 Å². The van der Waals surface area contributed by atoms with E-state index in [1.165, 1.54) is 42.7 Å². The highest BCUT2D eigenvalue weighted by molar-refractivity contribution is 5.20. The SMILES string of the molecule is FC(F)(F)C(c1cc[c]cc1)n1cccn1. The molecule has 1 radical (unpaired) electrons. The Labute approximate surface area is 90.3 Å². The minimum Gasteiger partial charge on any atom is -0.256 e. The van der Waals surface area contributed by atoms with Gasteiger partial charge in [-0.3, -0.25) is 4.68 Å². The van der Waals surface area contributed by atoms with Crippen LogP contribution < -0.4 is 0 Å². The number of rotatable bonds is 2. The highest BCUT2D eigenvalue weighted by atomic mass is 19.4. The number of aromatic nitrogens is 2. The van der Waals surface area contributed by atoms with Crippen molar-refractivity contribution in [1.82, 2.24) is 9.78 Å². The lowest BCUT2D eigenvalue weighted by Gasteiger charge is -2.20. The summed E-state index contributed by atoms with van der Waals surface area (Å²) in [6.07, 6.45) is -1.74. The third-order valence-corrected chi connectivity index (χ3v) is 2.16. The van der Waals surface area contributed by atoms with Gasteiger partial charge in [0.15, 0.2) is 6.04 Å². The molecule has 2 nitrogen and oxygen atoms in total. The second-order valence-corrected chi connectivity index (χ2v) is 3.26. The van der Waals surface area contributed by atoms with Gasteiger partial charge in [-0.05, 0) is 17.7 Å². The minimum atomic E-state index is -4.37. The molecular formula is C11H8F3N2. The Kier molecular flexibility index (Phi) is 2.68. The summed E-state index contributed by atoms with van der Waals surface area (Å²) >= 11 is 0. The summed E-state index contributed by atoms with van der Waals surface area (Å²) in [5.74, 6) is 0. The number of nitrogens with zero attached hydrogens (tertiary/aromatic N) is 2. The molecule has 83 valence electrons. The molecule has 1 aromatic carbocycles. The van der Waals surface area contributed by atoms with E-state index in [-0.39, 0.29) is 5.56 Å². The standard InChI is InChI=1S/C11H8F3N2/c12-11(13,14)10(16-8-4-7-15-16)9-5-2-1-3-6-9/h2-8,10H. The molecule has 0 spiro atoms. The molecule has 1 atom stereocenters. The van der Waals surface area contributed by atoms with Gasteiger partial charge in [0.05, 0.1) is 0 Å². The fraction of sp³-hybridized carbons (Fsp3) is 0.182. The van der Waals surface area contributed by atoms with Crippen LogP contribution in [0.25, 0.3) is 0 Å².